The van der Waals surface area contributed by atoms with Gasteiger partial charge in [-0.15, -0.1) is 0 Å². The summed E-state index contributed by atoms with van der Waals surface area (Å²) in [6.45, 7) is 2.86. The number of fused-ring (bicyclic) bond motifs is 1. The van der Waals surface area contributed by atoms with Crippen LogP contribution in [0.3, 0.4) is 0 Å². The van der Waals surface area contributed by atoms with Gasteiger partial charge in [0.1, 0.15) is 5.82 Å². The molecule has 5 heteroatoms. The minimum atomic E-state index is -0.234. The largest absolute Gasteiger partial charge is 0.382 e. The molecule has 1 aromatic heterocycles. The molecule has 0 radical (unpaired) electrons. The van der Waals surface area contributed by atoms with E-state index in [4.69, 9.17) is 10.5 Å². The number of hydrogen-bond donors (Lipinski definition) is 1. The van der Waals surface area contributed by atoms with Gasteiger partial charge in [-0.3, -0.25) is 0 Å². The van der Waals surface area contributed by atoms with E-state index < -0.39 is 0 Å². The minimum absolute atomic E-state index is 0.234. The number of nitrogens with two attached hydrogens (primary N) is 1. The number of nitrogens with zero attached hydrogens (tertiary/aromatic N) is 2. The summed E-state index contributed by atoms with van der Waals surface area (Å²) in [4.78, 5) is 0. The molecule has 0 spiro atoms. The summed E-state index contributed by atoms with van der Waals surface area (Å²) >= 11 is 0. The number of aryl methyl sites for hydroxylation is 1. The molecule has 0 amide bonds. The smallest absolute Gasteiger partial charge is 0.151 e. The summed E-state index contributed by atoms with van der Waals surface area (Å²) in [5, 5.41) is 4.28. The van der Waals surface area contributed by atoms with Crippen molar-refractivity contribution < 1.29 is 9.13 Å². The molecule has 2 aromatic rings. The molecule has 1 aromatic carbocycles. The summed E-state index contributed by atoms with van der Waals surface area (Å²) in [5.74, 6) is 0.230. The number of halogens is 1. The molecule has 94 valence electrons. The first-order valence-corrected chi connectivity index (χ1v) is 5.87. The van der Waals surface area contributed by atoms with Crippen LogP contribution in [0.25, 0.3) is 5.69 Å². The van der Waals surface area contributed by atoms with Gasteiger partial charge in [0.25, 0.3) is 0 Å². The fourth-order valence-electron chi connectivity index (χ4n) is 2.19. The van der Waals surface area contributed by atoms with E-state index in [-0.39, 0.29) is 5.82 Å². The Labute approximate surface area is 104 Å². The molecule has 18 heavy (non-hydrogen) atoms. The van der Waals surface area contributed by atoms with E-state index in [1.54, 1.807) is 17.7 Å². The van der Waals surface area contributed by atoms with Crippen LogP contribution < -0.4 is 5.73 Å². The monoisotopic (exact) mass is 247 g/mol. The van der Waals surface area contributed by atoms with Crippen molar-refractivity contribution in [2.45, 2.75) is 20.0 Å². The Hall–Kier alpha value is -1.88. The Bertz CT molecular complexity index is 607. The number of aromatic nitrogens is 2. The first-order valence-electron chi connectivity index (χ1n) is 5.87. The molecule has 3 rings (SSSR count). The van der Waals surface area contributed by atoms with Crippen molar-refractivity contribution in [2.75, 3.05) is 12.3 Å². The summed E-state index contributed by atoms with van der Waals surface area (Å²) in [6.07, 6.45) is 0.745. The van der Waals surface area contributed by atoms with Crippen molar-refractivity contribution in [3.05, 3.63) is 40.8 Å². The number of benzene rings is 1. The highest BCUT2D eigenvalue weighted by molar-refractivity contribution is 5.48. The fourth-order valence-corrected chi connectivity index (χ4v) is 2.19. The molecule has 2 N–H and O–H groups in total. The average Bonchev–Trinajstić information content (AvgIpc) is 2.71. The van der Waals surface area contributed by atoms with Crippen LogP contribution >= 0.6 is 0 Å². The van der Waals surface area contributed by atoms with Gasteiger partial charge in [0.15, 0.2) is 5.82 Å². The van der Waals surface area contributed by atoms with E-state index in [0.29, 0.717) is 30.3 Å². The van der Waals surface area contributed by atoms with Crippen LogP contribution in [0.1, 0.15) is 16.8 Å². The minimum Gasteiger partial charge on any atom is -0.382 e. The molecule has 0 saturated heterocycles. The van der Waals surface area contributed by atoms with Gasteiger partial charge >= 0.3 is 0 Å². The molecule has 0 fully saturated rings. The number of anilines is 1. The Balaban J connectivity index is 2.14. The van der Waals surface area contributed by atoms with Gasteiger partial charge < -0.3 is 10.5 Å². The average molecular weight is 247 g/mol. The maximum absolute atomic E-state index is 13.6. The molecule has 2 heterocycles. The lowest BCUT2D eigenvalue weighted by Crippen LogP contribution is -2.13. The highest BCUT2D eigenvalue weighted by Crippen LogP contribution is 2.25. The third-order valence-electron chi connectivity index (χ3n) is 3.25. The van der Waals surface area contributed by atoms with Crippen molar-refractivity contribution in [3.8, 4) is 5.69 Å². The van der Waals surface area contributed by atoms with Gasteiger partial charge in [0, 0.05) is 12.0 Å². The van der Waals surface area contributed by atoms with E-state index in [1.165, 1.54) is 6.07 Å². The molecule has 0 unspecified atom stereocenters. The molecule has 4 nitrogen and oxygen atoms in total. The summed E-state index contributed by atoms with van der Waals surface area (Å²) in [5.41, 5.74) is 9.12. The number of rotatable bonds is 1. The van der Waals surface area contributed by atoms with Gasteiger partial charge in [-0.2, -0.15) is 5.10 Å². The van der Waals surface area contributed by atoms with E-state index in [2.05, 4.69) is 5.10 Å². The molecular weight excluding hydrogens is 233 g/mol. The zero-order chi connectivity index (χ0) is 12.7. The second-order valence-corrected chi connectivity index (χ2v) is 4.46. The SMILES string of the molecule is Cc1ccc(-n2nc(N)c3c2CCOC3)cc1F. The quantitative estimate of drug-likeness (QED) is 0.838. The maximum atomic E-state index is 13.6. The van der Waals surface area contributed by atoms with Gasteiger partial charge in [-0.25, -0.2) is 9.07 Å². The summed E-state index contributed by atoms with van der Waals surface area (Å²) in [6, 6.07) is 5.08. The molecule has 1 aliphatic rings. The molecule has 0 atom stereocenters. The Morgan fingerprint density at radius 2 is 2.28 bits per heavy atom. The Morgan fingerprint density at radius 1 is 1.44 bits per heavy atom. The van der Waals surface area contributed by atoms with Crippen LogP contribution in [0, 0.1) is 12.7 Å². The topological polar surface area (TPSA) is 53.1 Å². The third-order valence-corrected chi connectivity index (χ3v) is 3.25. The predicted octanol–water partition coefficient (Wildman–Crippen LogP) is 1.97. The van der Waals surface area contributed by atoms with Crippen LogP contribution in [0.2, 0.25) is 0 Å². The Morgan fingerprint density at radius 3 is 3.06 bits per heavy atom. The zero-order valence-electron chi connectivity index (χ0n) is 10.1. The van der Waals surface area contributed by atoms with Crippen LogP contribution in [0.5, 0.6) is 0 Å². The van der Waals surface area contributed by atoms with Gasteiger partial charge in [-0.05, 0) is 24.6 Å². The first-order chi connectivity index (χ1) is 8.66. The molecular formula is C13H14FN3O. The van der Waals surface area contributed by atoms with E-state index in [9.17, 15) is 4.39 Å². The number of nitrogen functional groups attached to an aromatic ring is 1. The van der Waals surface area contributed by atoms with Crippen molar-refractivity contribution in [3.63, 3.8) is 0 Å². The number of ether oxygens (including phenoxy) is 1. The first kappa shape index (κ1) is 11.2. The lowest BCUT2D eigenvalue weighted by molar-refractivity contribution is 0.110. The van der Waals surface area contributed by atoms with Crippen LogP contribution in [-0.2, 0) is 17.8 Å². The second kappa shape index (κ2) is 4.10. The van der Waals surface area contributed by atoms with E-state index in [1.807, 2.05) is 6.07 Å². The standard InChI is InChI=1S/C13H14FN3O/c1-8-2-3-9(6-11(8)14)17-12-4-5-18-7-10(12)13(15)16-17/h2-3,6H,4-5,7H2,1H3,(H2,15,16). The highest BCUT2D eigenvalue weighted by Gasteiger charge is 2.20. The molecule has 0 aliphatic carbocycles. The highest BCUT2D eigenvalue weighted by atomic mass is 19.1. The fraction of sp³-hybridized carbons (Fsp3) is 0.308. The van der Waals surface area contributed by atoms with Gasteiger partial charge in [-0.1, -0.05) is 6.07 Å². The van der Waals surface area contributed by atoms with Crippen molar-refractivity contribution in [1.29, 1.82) is 0 Å². The predicted molar refractivity (Wildman–Crippen MR) is 66.0 cm³/mol. The van der Waals surface area contributed by atoms with Gasteiger partial charge in [0.2, 0.25) is 0 Å². The summed E-state index contributed by atoms with van der Waals surface area (Å²) < 4.78 is 20.7. The summed E-state index contributed by atoms with van der Waals surface area (Å²) in [7, 11) is 0. The number of hydrogen-bond acceptors (Lipinski definition) is 3. The van der Waals surface area contributed by atoms with Crippen molar-refractivity contribution in [1.82, 2.24) is 9.78 Å². The van der Waals surface area contributed by atoms with Crippen LogP contribution in [0.4, 0.5) is 10.2 Å². The maximum Gasteiger partial charge on any atom is 0.151 e. The normalized spacial score (nSPS) is 14.6. The lowest BCUT2D eigenvalue weighted by Gasteiger charge is -2.14. The molecule has 0 bridgehead atoms. The van der Waals surface area contributed by atoms with E-state index in [0.717, 1.165) is 17.7 Å². The molecule has 0 saturated carbocycles. The van der Waals surface area contributed by atoms with Crippen molar-refractivity contribution >= 4 is 5.82 Å². The lowest BCUT2D eigenvalue weighted by atomic mass is 10.1. The molecule has 1 aliphatic heterocycles. The third kappa shape index (κ3) is 1.67. The van der Waals surface area contributed by atoms with Crippen LogP contribution in [0.15, 0.2) is 18.2 Å². The Kier molecular flexibility index (Phi) is 2.56. The zero-order valence-corrected chi connectivity index (χ0v) is 10.1. The van der Waals surface area contributed by atoms with Gasteiger partial charge in [0.05, 0.1) is 24.6 Å². The van der Waals surface area contributed by atoms with E-state index >= 15 is 0 Å². The second-order valence-electron chi connectivity index (χ2n) is 4.46. The van der Waals surface area contributed by atoms with Crippen molar-refractivity contribution in [2.24, 2.45) is 0 Å². The van der Waals surface area contributed by atoms with Crippen LogP contribution in [-0.4, -0.2) is 16.4 Å².